The van der Waals surface area contributed by atoms with Gasteiger partial charge in [0.2, 0.25) is 0 Å². The molecule has 31 heavy (non-hydrogen) atoms. The molecule has 3 aromatic carbocycles. The molecule has 2 heterocycles. The van der Waals surface area contributed by atoms with Crippen LogP contribution in [0.25, 0.3) is 38.8 Å². The summed E-state index contributed by atoms with van der Waals surface area (Å²) in [7, 11) is 0. The number of oxazole rings is 1. The highest BCUT2D eigenvalue weighted by atomic mass is 19.4. The SMILES string of the molecule is Cc1ccc(-c2ccc3ncc4oc(=O)n(-c5cccc(C(F)(F)F)c5)c4c3c2)cc1. The van der Waals surface area contributed by atoms with Crippen LogP contribution < -0.4 is 5.76 Å². The first kappa shape index (κ1) is 19.1. The van der Waals surface area contributed by atoms with E-state index in [1.807, 2.05) is 49.4 Å². The average Bonchev–Trinajstić information content (AvgIpc) is 3.10. The van der Waals surface area contributed by atoms with Crippen molar-refractivity contribution in [1.82, 2.24) is 9.55 Å². The summed E-state index contributed by atoms with van der Waals surface area (Å²) in [4.78, 5) is 17.0. The molecule has 5 aromatic rings. The maximum Gasteiger partial charge on any atom is 0.424 e. The molecule has 0 atom stereocenters. The van der Waals surface area contributed by atoms with Crippen LogP contribution in [0.5, 0.6) is 0 Å². The van der Waals surface area contributed by atoms with Crippen LogP contribution in [0.2, 0.25) is 0 Å². The highest BCUT2D eigenvalue weighted by molar-refractivity contribution is 6.03. The van der Waals surface area contributed by atoms with Crippen molar-refractivity contribution in [2.24, 2.45) is 0 Å². The van der Waals surface area contributed by atoms with Crippen molar-refractivity contribution in [3.05, 3.63) is 94.6 Å². The predicted molar refractivity (Wildman–Crippen MR) is 112 cm³/mol. The highest BCUT2D eigenvalue weighted by Crippen LogP contribution is 2.33. The van der Waals surface area contributed by atoms with Gasteiger partial charge in [0.1, 0.15) is 5.52 Å². The van der Waals surface area contributed by atoms with Gasteiger partial charge in [0.05, 0.1) is 23.0 Å². The summed E-state index contributed by atoms with van der Waals surface area (Å²) in [6, 6.07) is 18.2. The molecule has 154 valence electrons. The van der Waals surface area contributed by atoms with E-state index in [9.17, 15) is 18.0 Å². The minimum absolute atomic E-state index is 0.0758. The number of nitrogens with zero attached hydrogens (tertiary/aromatic N) is 2. The number of alkyl halides is 3. The quantitative estimate of drug-likeness (QED) is 0.345. The number of aryl methyl sites for hydroxylation is 1. The van der Waals surface area contributed by atoms with E-state index in [4.69, 9.17) is 4.42 Å². The third-order valence-electron chi connectivity index (χ3n) is 5.23. The molecular weight excluding hydrogens is 405 g/mol. The molecule has 0 radical (unpaired) electrons. The van der Waals surface area contributed by atoms with E-state index < -0.39 is 17.5 Å². The molecule has 5 rings (SSSR count). The summed E-state index contributed by atoms with van der Waals surface area (Å²) >= 11 is 0. The maximum absolute atomic E-state index is 13.2. The standard InChI is InChI=1S/C24H15F3N2O2/c1-14-5-7-15(8-6-14)16-9-10-20-19(11-16)22-21(13-28-20)31-23(30)29(22)18-4-2-3-17(12-18)24(25,26)27/h2-13H,1H3. The number of pyridine rings is 1. The molecule has 0 spiro atoms. The van der Waals surface area contributed by atoms with Gasteiger partial charge in [-0.1, -0.05) is 42.0 Å². The first-order chi connectivity index (χ1) is 14.8. The highest BCUT2D eigenvalue weighted by Gasteiger charge is 2.31. The lowest BCUT2D eigenvalue weighted by molar-refractivity contribution is -0.137. The largest absolute Gasteiger partial charge is 0.424 e. The van der Waals surface area contributed by atoms with E-state index in [0.29, 0.717) is 16.4 Å². The van der Waals surface area contributed by atoms with E-state index in [-0.39, 0.29) is 11.3 Å². The van der Waals surface area contributed by atoms with Gasteiger partial charge >= 0.3 is 11.9 Å². The van der Waals surface area contributed by atoms with Crippen molar-refractivity contribution in [1.29, 1.82) is 0 Å². The van der Waals surface area contributed by atoms with Crippen molar-refractivity contribution in [2.75, 3.05) is 0 Å². The summed E-state index contributed by atoms with van der Waals surface area (Å²) < 4.78 is 46.1. The smallest absolute Gasteiger partial charge is 0.406 e. The molecule has 0 unspecified atom stereocenters. The summed E-state index contributed by atoms with van der Waals surface area (Å²) in [6.45, 7) is 2.00. The van der Waals surface area contributed by atoms with E-state index in [2.05, 4.69) is 4.98 Å². The normalized spacial score (nSPS) is 12.0. The van der Waals surface area contributed by atoms with Gasteiger partial charge in [0, 0.05) is 5.39 Å². The molecule has 0 aliphatic heterocycles. The number of rotatable bonds is 2. The van der Waals surface area contributed by atoms with Crippen LogP contribution in [0.3, 0.4) is 0 Å². The second-order valence-corrected chi connectivity index (χ2v) is 7.32. The molecule has 0 aliphatic carbocycles. The monoisotopic (exact) mass is 420 g/mol. The Labute approximate surface area is 174 Å². The van der Waals surface area contributed by atoms with Crippen LogP contribution in [0.15, 0.2) is 82.1 Å². The van der Waals surface area contributed by atoms with Crippen LogP contribution >= 0.6 is 0 Å². The zero-order valence-electron chi connectivity index (χ0n) is 16.3. The second-order valence-electron chi connectivity index (χ2n) is 7.32. The third-order valence-corrected chi connectivity index (χ3v) is 5.23. The van der Waals surface area contributed by atoms with Gasteiger partial charge in [0.15, 0.2) is 5.58 Å². The van der Waals surface area contributed by atoms with Crippen LogP contribution in [0.1, 0.15) is 11.1 Å². The molecule has 0 saturated heterocycles. The Hall–Kier alpha value is -3.87. The van der Waals surface area contributed by atoms with Gasteiger partial charge in [-0.2, -0.15) is 13.2 Å². The number of fused-ring (bicyclic) bond motifs is 3. The van der Waals surface area contributed by atoms with Crippen LogP contribution in [0, 0.1) is 6.92 Å². The first-order valence-corrected chi connectivity index (χ1v) is 9.50. The molecular formula is C24H15F3N2O2. The predicted octanol–water partition coefficient (Wildman–Crippen LogP) is 6.13. The Kier molecular flexibility index (Phi) is 4.22. The lowest BCUT2D eigenvalue weighted by Gasteiger charge is -2.10. The molecule has 2 aromatic heterocycles. The van der Waals surface area contributed by atoms with E-state index in [0.717, 1.165) is 33.4 Å². The number of aromatic nitrogens is 2. The Balaban J connectivity index is 1.80. The van der Waals surface area contributed by atoms with Crippen molar-refractivity contribution in [3.8, 4) is 16.8 Å². The number of hydrogen-bond donors (Lipinski definition) is 0. The molecule has 7 heteroatoms. The fourth-order valence-electron chi connectivity index (χ4n) is 3.68. The Bertz CT molecular complexity index is 1500. The zero-order chi connectivity index (χ0) is 21.8. The zero-order valence-corrected chi connectivity index (χ0v) is 16.3. The van der Waals surface area contributed by atoms with Gasteiger partial charge in [0.25, 0.3) is 0 Å². The topological polar surface area (TPSA) is 48.0 Å². The Morgan fingerprint density at radius 3 is 2.42 bits per heavy atom. The van der Waals surface area contributed by atoms with E-state index in [1.165, 1.54) is 18.3 Å². The molecule has 0 amide bonds. The first-order valence-electron chi connectivity index (χ1n) is 9.50. The average molecular weight is 420 g/mol. The third kappa shape index (κ3) is 3.28. The van der Waals surface area contributed by atoms with E-state index in [1.54, 1.807) is 0 Å². The van der Waals surface area contributed by atoms with Gasteiger partial charge in [-0.05, 0) is 48.4 Å². The summed E-state index contributed by atoms with van der Waals surface area (Å²) in [6.07, 6.45) is -3.11. The summed E-state index contributed by atoms with van der Waals surface area (Å²) in [5, 5.41) is 0.610. The van der Waals surface area contributed by atoms with Crippen LogP contribution in [-0.2, 0) is 6.18 Å². The summed E-state index contributed by atoms with van der Waals surface area (Å²) in [5.74, 6) is -0.774. The van der Waals surface area contributed by atoms with Crippen LogP contribution in [0.4, 0.5) is 13.2 Å². The van der Waals surface area contributed by atoms with Crippen molar-refractivity contribution in [2.45, 2.75) is 13.1 Å². The second kappa shape index (κ2) is 6.84. The fraction of sp³-hybridized carbons (Fsp3) is 0.0833. The Morgan fingerprint density at radius 2 is 1.68 bits per heavy atom. The molecule has 0 saturated carbocycles. The molecule has 0 aliphatic rings. The van der Waals surface area contributed by atoms with Crippen molar-refractivity contribution < 1.29 is 17.6 Å². The number of benzene rings is 3. The molecule has 0 bridgehead atoms. The minimum atomic E-state index is -4.53. The van der Waals surface area contributed by atoms with E-state index >= 15 is 0 Å². The maximum atomic E-state index is 13.2. The van der Waals surface area contributed by atoms with Gasteiger partial charge < -0.3 is 4.42 Å². The van der Waals surface area contributed by atoms with Gasteiger partial charge in [-0.15, -0.1) is 0 Å². The number of hydrogen-bond acceptors (Lipinski definition) is 3. The molecule has 0 N–H and O–H groups in total. The van der Waals surface area contributed by atoms with Gasteiger partial charge in [-0.3, -0.25) is 4.98 Å². The summed E-state index contributed by atoms with van der Waals surface area (Å²) in [5.41, 5.74) is 3.41. The Morgan fingerprint density at radius 1 is 0.935 bits per heavy atom. The molecule has 4 nitrogen and oxygen atoms in total. The van der Waals surface area contributed by atoms with Crippen molar-refractivity contribution in [3.63, 3.8) is 0 Å². The fourth-order valence-corrected chi connectivity index (χ4v) is 3.68. The van der Waals surface area contributed by atoms with Crippen molar-refractivity contribution >= 4 is 22.0 Å². The molecule has 0 fully saturated rings. The lowest BCUT2D eigenvalue weighted by Crippen LogP contribution is -2.13. The minimum Gasteiger partial charge on any atom is -0.406 e. The lowest BCUT2D eigenvalue weighted by atomic mass is 10.0. The number of halogens is 3. The van der Waals surface area contributed by atoms with Crippen LogP contribution in [-0.4, -0.2) is 9.55 Å². The van der Waals surface area contributed by atoms with Gasteiger partial charge in [-0.25, -0.2) is 9.36 Å².